The highest BCUT2D eigenvalue weighted by molar-refractivity contribution is 5.66. The van der Waals surface area contributed by atoms with E-state index < -0.39 is 0 Å². The van der Waals surface area contributed by atoms with Crippen molar-refractivity contribution in [1.82, 2.24) is 0 Å². The van der Waals surface area contributed by atoms with E-state index >= 15 is 0 Å². The lowest BCUT2D eigenvalue weighted by Crippen LogP contribution is -2.24. The molecule has 0 N–H and O–H groups in total. The minimum absolute atomic E-state index is 0.131. The Kier molecular flexibility index (Phi) is 2.14. The Morgan fingerprint density at radius 2 is 2.31 bits per heavy atom. The summed E-state index contributed by atoms with van der Waals surface area (Å²) in [6, 6.07) is 0. The van der Waals surface area contributed by atoms with Gasteiger partial charge in [-0.25, -0.2) is 0 Å². The summed E-state index contributed by atoms with van der Waals surface area (Å²) in [7, 11) is 0. The zero-order chi connectivity index (χ0) is 9.42. The Labute approximate surface area is 79.0 Å². The van der Waals surface area contributed by atoms with Gasteiger partial charge in [-0.1, -0.05) is 11.6 Å². The first-order valence-corrected chi connectivity index (χ1v) is 5.03. The third-order valence-corrected chi connectivity index (χ3v) is 3.29. The summed E-state index contributed by atoms with van der Waals surface area (Å²) >= 11 is 0. The van der Waals surface area contributed by atoms with E-state index in [0.29, 0.717) is 5.92 Å². The average Bonchev–Trinajstić information content (AvgIpc) is 2.60. The van der Waals surface area contributed by atoms with Crippen molar-refractivity contribution in [2.24, 2.45) is 11.8 Å². The Bertz CT molecular complexity index is 255. The molecule has 72 valence electrons. The SMILES string of the molecule is C/C=C1/C[C@@H]2C[C@@H](OC(C)=O)[C@H]1C2. The summed E-state index contributed by atoms with van der Waals surface area (Å²) in [6.45, 7) is 3.59. The van der Waals surface area contributed by atoms with Crippen molar-refractivity contribution in [3.05, 3.63) is 11.6 Å². The highest BCUT2D eigenvalue weighted by atomic mass is 16.5. The van der Waals surface area contributed by atoms with Gasteiger partial charge in [0.2, 0.25) is 0 Å². The molecule has 2 bridgehead atoms. The predicted octanol–water partition coefficient (Wildman–Crippen LogP) is 2.29. The van der Waals surface area contributed by atoms with Crippen molar-refractivity contribution in [2.75, 3.05) is 0 Å². The summed E-state index contributed by atoms with van der Waals surface area (Å²) in [6.07, 6.45) is 5.93. The summed E-state index contributed by atoms with van der Waals surface area (Å²) < 4.78 is 5.30. The molecule has 3 atom stereocenters. The van der Waals surface area contributed by atoms with Gasteiger partial charge in [-0.15, -0.1) is 0 Å². The number of allylic oxidation sites excluding steroid dienone is 1. The predicted molar refractivity (Wildman–Crippen MR) is 50.1 cm³/mol. The normalized spacial score (nSPS) is 39.8. The minimum atomic E-state index is -0.131. The summed E-state index contributed by atoms with van der Waals surface area (Å²) in [5.41, 5.74) is 1.50. The monoisotopic (exact) mass is 180 g/mol. The Hall–Kier alpha value is -0.790. The fourth-order valence-corrected chi connectivity index (χ4v) is 2.82. The van der Waals surface area contributed by atoms with E-state index in [0.717, 1.165) is 12.3 Å². The number of rotatable bonds is 1. The molecule has 2 heteroatoms. The van der Waals surface area contributed by atoms with E-state index in [1.54, 1.807) is 0 Å². The van der Waals surface area contributed by atoms with Crippen molar-refractivity contribution >= 4 is 5.97 Å². The lowest BCUT2D eigenvalue weighted by molar-refractivity contribution is -0.147. The zero-order valence-electron chi connectivity index (χ0n) is 8.25. The molecule has 0 radical (unpaired) electrons. The minimum Gasteiger partial charge on any atom is -0.462 e. The first kappa shape index (κ1) is 8.79. The largest absolute Gasteiger partial charge is 0.462 e. The number of carbonyl (C=O) groups is 1. The van der Waals surface area contributed by atoms with Gasteiger partial charge in [0, 0.05) is 12.8 Å². The molecule has 0 heterocycles. The van der Waals surface area contributed by atoms with Gasteiger partial charge in [-0.05, 0) is 32.1 Å². The molecule has 0 aliphatic heterocycles. The molecule has 2 aliphatic rings. The van der Waals surface area contributed by atoms with Crippen molar-refractivity contribution in [1.29, 1.82) is 0 Å². The van der Waals surface area contributed by atoms with Gasteiger partial charge < -0.3 is 4.74 Å². The van der Waals surface area contributed by atoms with E-state index in [1.807, 2.05) is 0 Å². The van der Waals surface area contributed by atoms with E-state index in [9.17, 15) is 4.79 Å². The van der Waals surface area contributed by atoms with E-state index in [-0.39, 0.29) is 12.1 Å². The third-order valence-electron chi connectivity index (χ3n) is 3.29. The molecule has 2 fully saturated rings. The maximum absolute atomic E-state index is 10.8. The molecule has 2 saturated carbocycles. The Morgan fingerprint density at radius 1 is 1.54 bits per heavy atom. The van der Waals surface area contributed by atoms with Gasteiger partial charge in [0.25, 0.3) is 0 Å². The van der Waals surface area contributed by atoms with Crippen LogP contribution in [0.4, 0.5) is 0 Å². The summed E-state index contributed by atoms with van der Waals surface area (Å²) in [4.78, 5) is 10.8. The molecular weight excluding hydrogens is 164 g/mol. The van der Waals surface area contributed by atoms with Crippen LogP contribution in [0.2, 0.25) is 0 Å². The van der Waals surface area contributed by atoms with Gasteiger partial charge in [0.15, 0.2) is 0 Å². The highest BCUT2D eigenvalue weighted by Crippen LogP contribution is 2.49. The van der Waals surface area contributed by atoms with E-state index in [1.165, 1.54) is 25.3 Å². The molecule has 0 amide bonds. The van der Waals surface area contributed by atoms with Crippen LogP contribution >= 0.6 is 0 Å². The van der Waals surface area contributed by atoms with Crippen LogP contribution in [-0.4, -0.2) is 12.1 Å². The molecule has 2 rings (SSSR count). The van der Waals surface area contributed by atoms with E-state index in [4.69, 9.17) is 4.74 Å². The van der Waals surface area contributed by atoms with Crippen LogP contribution in [0.3, 0.4) is 0 Å². The van der Waals surface area contributed by atoms with Crippen molar-refractivity contribution < 1.29 is 9.53 Å². The molecule has 2 nitrogen and oxygen atoms in total. The Balaban J connectivity index is 2.06. The molecule has 0 aromatic rings. The van der Waals surface area contributed by atoms with E-state index in [2.05, 4.69) is 13.0 Å². The fraction of sp³-hybridized carbons (Fsp3) is 0.727. The van der Waals surface area contributed by atoms with Crippen LogP contribution in [0.1, 0.15) is 33.1 Å². The van der Waals surface area contributed by atoms with Crippen LogP contribution < -0.4 is 0 Å². The van der Waals surface area contributed by atoms with Crippen molar-refractivity contribution in [2.45, 2.75) is 39.2 Å². The van der Waals surface area contributed by atoms with Gasteiger partial charge in [0.1, 0.15) is 6.10 Å². The second-order valence-corrected chi connectivity index (χ2v) is 4.16. The molecule has 0 saturated heterocycles. The standard InChI is InChI=1S/C11H16O2/c1-3-9-4-8-5-10(9)11(6-8)13-7(2)12/h3,8,10-11H,4-6H2,1-2H3/b9-3-/t8-,10-,11+/m0/s1. The number of carbonyl (C=O) groups excluding carboxylic acids is 1. The maximum Gasteiger partial charge on any atom is 0.302 e. The highest BCUT2D eigenvalue weighted by Gasteiger charge is 2.44. The molecule has 13 heavy (non-hydrogen) atoms. The molecule has 0 unspecified atom stereocenters. The zero-order valence-corrected chi connectivity index (χ0v) is 8.25. The van der Waals surface area contributed by atoms with Gasteiger partial charge in [0.05, 0.1) is 0 Å². The number of hydrogen-bond donors (Lipinski definition) is 0. The fourth-order valence-electron chi connectivity index (χ4n) is 2.82. The van der Waals surface area contributed by atoms with Crippen molar-refractivity contribution in [3.63, 3.8) is 0 Å². The second-order valence-electron chi connectivity index (χ2n) is 4.16. The number of esters is 1. The molecule has 0 aromatic heterocycles. The quantitative estimate of drug-likeness (QED) is 0.457. The van der Waals surface area contributed by atoms with Crippen molar-refractivity contribution in [3.8, 4) is 0 Å². The molecule has 0 aromatic carbocycles. The number of hydrogen-bond acceptors (Lipinski definition) is 2. The third kappa shape index (κ3) is 1.50. The number of ether oxygens (including phenoxy) is 1. The van der Waals surface area contributed by atoms with Gasteiger partial charge in [-0.2, -0.15) is 0 Å². The summed E-state index contributed by atoms with van der Waals surface area (Å²) in [5, 5.41) is 0. The van der Waals surface area contributed by atoms with Crippen LogP contribution in [0.15, 0.2) is 11.6 Å². The summed E-state index contributed by atoms with van der Waals surface area (Å²) in [5.74, 6) is 1.19. The number of fused-ring (bicyclic) bond motifs is 2. The van der Waals surface area contributed by atoms with Crippen LogP contribution in [-0.2, 0) is 9.53 Å². The maximum atomic E-state index is 10.8. The first-order valence-electron chi connectivity index (χ1n) is 5.03. The smallest absolute Gasteiger partial charge is 0.302 e. The second kappa shape index (κ2) is 3.17. The molecule has 0 spiro atoms. The van der Waals surface area contributed by atoms with Crippen LogP contribution in [0.25, 0.3) is 0 Å². The average molecular weight is 180 g/mol. The van der Waals surface area contributed by atoms with Gasteiger partial charge in [-0.3, -0.25) is 4.79 Å². The lowest BCUT2D eigenvalue weighted by Gasteiger charge is -2.23. The molecule has 2 aliphatic carbocycles. The van der Waals surface area contributed by atoms with Gasteiger partial charge >= 0.3 is 5.97 Å². The van der Waals surface area contributed by atoms with Crippen LogP contribution in [0, 0.1) is 11.8 Å². The Morgan fingerprint density at radius 3 is 2.85 bits per heavy atom. The molecular formula is C11H16O2. The topological polar surface area (TPSA) is 26.3 Å². The lowest BCUT2D eigenvalue weighted by atomic mass is 9.92. The van der Waals surface area contributed by atoms with Crippen LogP contribution in [0.5, 0.6) is 0 Å². The first-order chi connectivity index (χ1) is 6.20.